The fourth-order valence-corrected chi connectivity index (χ4v) is 3.01. The SMILES string of the molecule is CC1(C)Cc2ccc(CCN3CCNCC3)cc2O1. The zero-order valence-electron chi connectivity index (χ0n) is 12.0. The van der Waals surface area contributed by atoms with Crippen molar-refractivity contribution in [3.8, 4) is 5.75 Å². The number of hydrogen-bond acceptors (Lipinski definition) is 3. The molecule has 2 aliphatic heterocycles. The van der Waals surface area contributed by atoms with E-state index in [9.17, 15) is 0 Å². The van der Waals surface area contributed by atoms with E-state index in [1.807, 2.05) is 0 Å². The van der Waals surface area contributed by atoms with Crippen LogP contribution in [0.2, 0.25) is 0 Å². The van der Waals surface area contributed by atoms with Gasteiger partial charge >= 0.3 is 0 Å². The highest BCUT2D eigenvalue weighted by molar-refractivity contribution is 5.42. The summed E-state index contributed by atoms with van der Waals surface area (Å²) in [6, 6.07) is 6.76. The van der Waals surface area contributed by atoms with E-state index < -0.39 is 0 Å². The molecule has 0 saturated carbocycles. The van der Waals surface area contributed by atoms with E-state index in [1.54, 1.807) is 0 Å². The van der Waals surface area contributed by atoms with Gasteiger partial charge in [-0.1, -0.05) is 12.1 Å². The molecule has 2 aliphatic rings. The fourth-order valence-electron chi connectivity index (χ4n) is 3.01. The molecule has 1 aromatic rings. The van der Waals surface area contributed by atoms with Crippen LogP contribution in [-0.2, 0) is 12.8 Å². The first-order valence-corrected chi connectivity index (χ1v) is 7.36. The second-order valence-electron chi connectivity index (χ2n) is 6.32. The molecule has 0 amide bonds. The molecule has 0 bridgehead atoms. The van der Waals surface area contributed by atoms with Crippen molar-refractivity contribution in [1.29, 1.82) is 0 Å². The summed E-state index contributed by atoms with van der Waals surface area (Å²) in [6.45, 7) is 10.1. The van der Waals surface area contributed by atoms with Gasteiger partial charge in [0.2, 0.25) is 0 Å². The highest BCUT2D eigenvalue weighted by atomic mass is 16.5. The van der Waals surface area contributed by atoms with Crippen LogP contribution in [0.1, 0.15) is 25.0 Å². The number of hydrogen-bond donors (Lipinski definition) is 1. The smallest absolute Gasteiger partial charge is 0.123 e. The first kappa shape index (κ1) is 12.9. The second-order valence-corrected chi connectivity index (χ2v) is 6.32. The molecule has 0 aromatic heterocycles. The van der Waals surface area contributed by atoms with Gasteiger partial charge in [-0.15, -0.1) is 0 Å². The number of ether oxygens (including phenoxy) is 1. The van der Waals surface area contributed by atoms with Gasteiger partial charge in [-0.05, 0) is 37.5 Å². The van der Waals surface area contributed by atoms with Crippen molar-refractivity contribution in [3.63, 3.8) is 0 Å². The molecule has 1 N–H and O–H groups in total. The Balaban J connectivity index is 1.60. The van der Waals surface area contributed by atoms with Gasteiger partial charge in [-0.3, -0.25) is 0 Å². The lowest BCUT2D eigenvalue weighted by atomic mass is 10.0. The lowest BCUT2D eigenvalue weighted by molar-refractivity contribution is 0.138. The highest BCUT2D eigenvalue weighted by Crippen LogP contribution is 2.35. The molecule has 0 unspecified atom stereocenters. The van der Waals surface area contributed by atoms with Crippen molar-refractivity contribution in [1.82, 2.24) is 10.2 Å². The molecule has 1 aromatic carbocycles. The van der Waals surface area contributed by atoms with Gasteiger partial charge in [0.05, 0.1) is 0 Å². The maximum Gasteiger partial charge on any atom is 0.123 e. The first-order chi connectivity index (χ1) is 9.12. The maximum absolute atomic E-state index is 6.00. The summed E-state index contributed by atoms with van der Waals surface area (Å²) in [4.78, 5) is 2.54. The minimum atomic E-state index is -0.0283. The molecule has 1 fully saturated rings. The Bertz CT molecular complexity index is 450. The van der Waals surface area contributed by atoms with Crippen LogP contribution < -0.4 is 10.1 Å². The summed E-state index contributed by atoms with van der Waals surface area (Å²) in [6.07, 6.45) is 2.15. The second kappa shape index (κ2) is 5.14. The van der Waals surface area contributed by atoms with Crippen LogP contribution in [0.15, 0.2) is 18.2 Å². The van der Waals surface area contributed by atoms with Crippen molar-refractivity contribution >= 4 is 0 Å². The van der Waals surface area contributed by atoms with Crippen molar-refractivity contribution < 1.29 is 4.74 Å². The average Bonchev–Trinajstić information content (AvgIpc) is 2.70. The first-order valence-electron chi connectivity index (χ1n) is 7.36. The van der Waals surface area contributed by atoms with Crippen molar-refractivity contribution in [2.75, 3.05) is 32.7 Å². The Morgan fingerprint density at radius 3 is 2.84 bits per heavy atom. The van der Waals surface area contributed by atoms with E-state index in [4.69, 9.17) is 4.74 Å². The molecule has 0 aliphatic carbocycles. The van der Waals surface area contributed by atoms with Crippen molar-refractivity contribution in [2.24, 2.45) is 0 Å². The van der Waals surface area contributed by atoms with Crippen LogP contribution in [0.3, 0.4) is 0 Å². The molecule has 2 heterocycles. The summed E-state index contributed by atoms with van der Waals surface area (Å²) in [7, 11) is 0. The largest absolute Gasteiger partial charge is 0.487 e. The molecule has 0 spiro atoms. The van der Waals surface area contributed by atoms with Crippen molar-refractivity contribution in [2.45, 2.75) is 32.3 Å². The molecule has 1 saturated heterocycles. The van der Waals surface area contributed by atoms with Gasteiger partial charge < -0.3 is 15.0 Å². The predicted molar refractivity (Wildman–Crippen MR) is 77.9 cm³/mol. The van der Waals surface area contributed by atoms with Gasteiger partial charge in [0.25, 0.3) is 0 Å². The Morgan fingerprint density at radius 1 is 1.26 bits per heavy atom. The number of nitrogens with one attached hydrogen (secondary N) is 1. The van der Waals surface area contributed by atoms with Crippen LogP contribution in [0.5, 0.6) is 5.75 Å². The number of benzene rings is 1. The van der Waals surface area contributed by atoms with Crippen LogP contribution in [0.25, 0.3) is 0 Å². The van der Waals surface area contributed by atoms with Crippen LogP contribution in [-0.4, -0.2) is 43.2 Å². The van der Waals surface area contributed by atoms with Gasteiger partial charge in [-0.25, -0.2) is 0 Å². The Morgan fingerprint density at radius 2 is 2.05 bits per heavy atom. The Labute approximate surface area is 115 Å². The third kappa shape index (κ3) is 3.10. The van der Waals surface area contributed by atoms with E-state index in [0.717, 1.165) is 38.2 Å². The third-order valence-corrected chi connectivity index (χ3v) is 4.06. The number of piperazine rings is 1. The molecule has 0 radical (unpaired) electrons. The van der Waals surface area contributed by atoms with Crippen LogP contribution in [0, 0.1) is 0 Å². The lowest BCUT2D eigenvalue weighted by Gasteiger charge is -2.27. The molecular formula is C16H24N2O. The van der Waals surface area contributed by atoms with E-state index in [0.29, 0.717) is 0 Å². The Kier molecular flexibility index (Phi) is 3.50. The molecule has 3 nitrogen and oxygen atoms in total. The quantitative estimate of drug-likeness (QED) is 0.897. The molecule has 104 valence electrons. The minimum Gasteiger partial charge on any atom is -0.487 e. The molecule has 3 heteroatoms. The van der Waals surface area contributed by atoms with Crippen LogP contribution >= 0.6 is 0 Å². The van der Waals surface area contributed by atoms with E-state index >= 15 is 0 Å². The lowest BCUT2D eigenvalue weighted by Crippen LogP contribution is -2.44. The number of nitrogens with zero attached hydrogens (tertiary/aromatic N) is 1. The van der Waals surface area contributed by atoms with E-state index in [2.05, 4.69) is 42.3 Å². The summed E-state index contributed by atoms with van der Waals surface area (Å²) in [5.41, 5.74) is 2.73. The summed E-state index contributed by atoms with van der Waals surface area (Å²) in [5, 5.41) is 3.39. The summed E-state index contributed by atoms with van der Waals surface area (Å²) in [5.74, 6) is 1.10. The predicted octanol–water partition coefficient (Wildman–Crippen LogP) is 1.85. The third-order valence-electron chi connectivity index (χ3n) is 4.06. The zero-order valence-corrected chi connectivity index (χ0v) is 12.0. The molecule has 0 atom stereocenters. The van der Waals surface area contributed by atoms with Gasteiger partial charge in [-0.2, -0.15) is 0 Å². The number of fused-ring (bicyclic) bond motifs is 1. The monoisotopic (exact) mass is 260 g/mol. The molecule has 19 heavy (non-hydrogen) atoms. The van der Waals surface area contributed by atoms with Crippen molar-refractivity contribution in [3.05, 3.63) is 29.3 Å². The normalized spacial score (nSPS) is 22.0. The minimum absolute atomic E-state index is 0.0283. The average molecular weight is 260 g/mol. The van der Waals surface area contributed by atoms with E-state index in [-0.39, 0.29) is 5.60 Å². The van der Waals surface area contributed by atoms with Crippen LogP contribution in [0.4, 0.5) is 0 Å². The highest BCUT2D eigenvalue weighted by Gasteiger charge is 2.29. The summed E-state index contributed by atoms with van der Waals surface area (Å²) >= 11 is 0. The van der Waals surface area contributed by atoms with E-state index in [1.165, 1.54) is 24.2 Å². The van der Waals surface area contributed by atoms with Gasteiger partial charge in [0, 0.05) is 39.1 Å². The zero-order chi connectivity index (χ0) is 13.3. The molecule has 3 rings (SSSR count). The Hall–Kier alpha value is -1.06. The topological polar surface area (TPSA) is 24.5 Å². The maximum atomic E-state index is 6.00. The summed E-state index contributed by atoms with van der Waals surface area (Å²) < 4.78 is 6.00. The van der Waals surface area contributed by atoms with Gasteiger partial charge in [0.1, 0.15) is 11.4 Å². The standard InChI is InChI=1S/C16H24N2O/c1-16(2)12-14-4-3-13(11-15(14)19-16)5-8-18-9-6-17-7-10-18/h3-4,11,17H,5-10,12H2,1-2H3. The fraction of sp³-hybridized carbons (Fsp3) is 0.625. The van der Waals surface area contributed by atoms with Gasteiger partial charge in [0.15, 0.2) is 0 Å². The number of rotatable bonds is 3. The molecular weight excluding hydrogens is 236 g/mol.